The second-order valence-corrected chi connectivity index (χ2v) is 32.4. The van der Waals surface area contributed by atoms with Crippen LogP contribution in [0.5, 0.6) is 0 Å². The molecule has 4 aromatic rings. The summed E-state index contributed by atoms with van der Waals surface area (Å²) in [6.07, 6.45) is -1.19. The van der Waals surface area contributed by atoms with Gasteiger partial charge in [-0.15, -0.1) is 0 Å². The molecule has 6 rings (SSSR count). The van der Waals surface area contributed by atoms with Crippen molar-refractivity contribution in [2.24, 2.45) is 0 Å². The SMILES string of the molecule is O=C1CC(=O)[N](c2ccccc2)[Zr]2([Cl])([Cl])([N]1c1ccccc1)[N](c1ccccc1)C(=O)CC(=O)[N]2c1ccccc1. The summed E-state index contributed by atoms with van der Waals surface area (Å²) in [6.45, 7) is 0. The van der Waals surface area contributed by atoms with Crippen molar-refractivity contribution in [2.45, 2.75) is 12.8 Å². The second kappa shape index (κ2) is 9.38. The number of nitrogens with zero attached hydrogens (tertiary/aromatic N) is 4. The van der Waals surface area contributed by atoms with Gasteiger partial charge in [-0.2, -0.15) is 0 Å². The van der Waals surface area contributed by atoms with Gasteiger partial charge in [-0.1, -0.05) is 0 Å². The molecule has 8 nitrogen and oxygen atoms in total. The first kappa shape index (κ1) is 27.4. The second-order valence-electron chi connectivity index (χ2n) is 9.96. The zero-order chi connectivity index (χ0) is 28.9. The van der Waals surface area contributed by atoms with Crippen LogP contribution in [0.1, 0.15) is 12.8 Å². The Morgan fingerprint density at radius 2 is 0.585 bits per heavy atom. The van der Waals surface area contributed by atoms with Crippen LogP contribution >= 0.6 is 17.0 Å². The molecular formula is C30H24Cl2N4O4Zr. The molecule has 41 heavy (non-hydrogen) atoms. The molecule has 206 valence electrons. The number of benzene rings is 4. The average molecular weight is 667 g/mol. The van der Waals surface area contributed by atoms with Crippen LogP contribution < -0.4 is 11.4 Å². The molecule has 0 unspecified atom stereocenters. The van der Waals surface area contributed by atoms with E-state index in [0.29, 0.717) is 0 Å². The molecule has 0 aliphatic carbocycles. The van der Waals surface area contributed by atoms with Crippen molar-refractivity contribution in [1.82, 2.24) is 0 Å². The summed E-state index contributed by atoms with van der Waals surface area (Å²) in [4.78, 5) is 57.3. The van der Waals surface area contributed by atoms with Crippen LogP contribution in [0.4, 0.5) is 22.7 Å². The third-order valence-electron chi connectivity index (χ3n) is 7.54. The molecule has 11 heteroatoms. The zero-order valence-electron chi connectivity index (χ0n) is 21.6. The topological polar surface area (TPSA) is 81.2 Å². The molecule has 0 saturated carbocycles. The quantitative estimate of drug-likeness (QED) is 0.246. The maximum absolute atomic E-state index is 14.3. The van der Waals surface area contributed by atoms with E-state index < -0.39 is 52.5 Å². The summed E-state index contributed by atoms with van der Waals surface area (Å²) < 4.78 is 4.70. The summed E-state index contributed by atoms with van der Waals surface area (Å²) in [5, 5.41) is 0. The van der Waals surface area contributed by atoms with Crippen LogP contribution in [0.2, 0.25) is 0 Å². The Labute approximate surface area is 242 Å². The molecule has 0 N–H and O–H groups in total. The van der Waals surface area contributed by atoms with E-state index >= 15 is 0 Å². The number of para-hydroxylation sites is 4. The Balaban J connectivity index is 1.90. The van der Waals surface area contributed by atoms with Gasteiger partial charge in [-0.25, -0.2) is 0 Å². The molecule has 2 fully saturated rings. The van der Waals surface area contributed by atoms with Crippen molar-refractivity contribution >= 4 is 63.4 Å². The van der Waals surface area contributed by atoms with E-state index in [9.17, 15) is 19.2 Å². The van der Waals surface area contributed by atoms with E-state index in [2.05, 4.69) is 0 Å². The van der Waals surface area contributed by atoms with Crippen LogP contribution in [-0.4, -0.2) is 23.6 Å². The molecule has 2 aliphatic rings. The normalized spacial score (nSPS) is 21.2. The predicted molar refractivity (Wildman–Crippen MR) is 157 cm³/mol. The molecule has 1 spiro atoms. The summed E-state index contributed by atoms with van der Waals surface area (Å²) in [7, 11) is 16.6. The van der Waals surface area contributed by atoms with E-state index in [0.717, 1.165) is 0 Å². The molecule has 2 aliphatic heterocycles. The van der Waals surface area contributed by atoms with Crippen molar-refractivity contribution in [2.75, 3.05) is 11.4 Å². The van der Waals surface area contributed by atoms with Crippen LogP contribution in [0.15, 0.2) is 121 Å². The van der Waals surface area contributed by atoms with E-state index in [-0.39, 0.29) is 22.7 Å². The van der Waals surface area contributed by atoms with Gasteiger partial charge >= 0.3 is 244 Å². The fourth-order valence-corrected chi connectivity index (χ4v) is 30.9. The molecule has 0 aromatic heterocycles. The number of carbonyl (C=O) groups is 4. The van der Waals surface area contributed by atoms with Gasteiger partial charge in [0, 0.05) is 0 Å². The molecule has 0 bridgehead atoms. The van der Waals surface area contributed by atoms with E-state index in [1.165, 1.54) is 11.4 Å². The van der Waals surface area contributed by atoms with Gasteiger partial charge < -0.3 is 0 Å². The zero-order valence-corrected chi connectivity index (χ0v) is 25.6. The van der Waals surface area contributed by atoms with Gasteiger partial charge in [0.25, 0.3) is 0 Å². The molecule has 0 radical (unpaired) electrons. The Morgan fingerprint density at radius 1 is 0.390 bits per heavy atom. The molecule has 4 aromatic carbocycles. The van der Waals surface area contributed by atoms with Crippen LogP contribution in [0, 0.1) is 0 Å². The number of hydrogen-bond donors (Lipinski definition) is 0. The Kier molecular flexibility index (Phi) is 6.27. The summed E-state index contributed by atoms with van der Waals surface area (Å²) >= 11 is -8.05. The van der Waals surface area contributed by atoms with Gasteiger partial charge in [-0.05, 0) is 0 Å². The molecule has 4 amide bonds. The number of hydrogen-bond acceptors (Lipinski definition) is 4. The number of halogens is 2. The van der Waals surface area contributed by atoms with Crippen molar-refractivity contribution in [3.05, 3.63) is 121 Å². The van der Waals surface area contributed by atoms with Gasteiger partial charge in [-0.3, -0.25) is 0 Å². The molecule has 2 heterocycles. The van der Waals surface area contributed by atoms with Crippen LogP contribution in [-0.2, 0) is 35.3 Å². The third kappa shape index (κ3) is 3.62. The van der Waals surface area contributed by atoms with Crippen molar-refractivity contribution < 1.29 is 35.3 Å². The van der Waals surface area contributed by atoms with Crippen LogP contribution in [0.3, 0.4) is 0 Å². The fourth-order valence-electron chi connectivity index (χ4n) is 6.19. The first-order valence-corrected chi connectivity index (χ1v) is 23.7. The van der Waals surface area contributed by atoms with Gasteiger partial charge in [0.2, 0.25) is 0 Å². The monoisotopic (exact) mass is 664 g/mol. The first-order valence-electron chi connectivity index (χ1n) is 12.9. The minimum atomic E-state index is -8.05. The first-order chi connectivity index (χ1) is 19.6. The maximum atomic E-state index is 14.3. The predicted octanol–water partition coefficient (Wildman–Crippen LogP) is 6.12. The number of anilines is 4. The summed E-state index contributed by atoms with van der Waals surface area (Å²) in [5.41, 5.74) is 0.935. The molecule has 2 saturated heterocycles. The van der Waals surface area contributed by atoms with E-state index in [1.54, 1.807) is 121 Å². The van der Waals surface area contributed by atoms with Crippen molar-refractivity contribution in [3.8, 4) is 0 Å². The van der Waals surface area contributed by atoms with Gasteiger partial charge in [0.05, 0.1) is 0 Å². The standard InChI is InChI=1S/2C15H14N2O2.2ClH.Zr/c2*18-14(16-12-7-3-1-4-8-12)11-15(19)17-13-9-5-2-6-10-13;;;/h2*1-10H,11H2,(H2,16,17,18,19);2*1H;/q;;;;+6/p-6. The number of rotatable bonds is 4. The third-order valence-corrected chi connectivity index (χ3v) is 29.8. The summed E-state index contributed by atoms with van der Waals surface area (Å²) in [5.74, 6) is -2.94. The van der Waals surface area contributed by atoms with E-state index in [4.69, 9.17) is 17.0 Å². The van der Waals surface area contributed by atoms with Crippen molar-refractivity contribution in [1.29, 1.82) is 0 Å². The van der Waals surface area contributed by atoms with E-state index in [1.807, 2.05) is 0 Å². The Morgan fingerprint density at radius 3 is 0.780 bits per heavy atom. The van der Waals surface area contributed by atoms with Crippen molar-refractivity contribution in [3.63, 3.8) is 0 Å². The Hall–Kier alpha value is -3.78. The molecular weight excluding hydrogens is 642 g/mol. The Bertz CT molecular complexity index is 1450. The molecule has 0 atom stereocenters. The number of carbonyl (C=O) groups excluding carboxylic acids is 4. The average Bonchev–Trinajstić information content (AvgIpc) is 2.94. The van der Waals surface area contributed by atoms with Crippen LogP contribution in [0.25, 0.3) is 0 Å². The van der Waals surface area contributed by atoms with Gasteiger partial charge in [0.15, 0.2) is 0 Å². The van der Waals surface area contributed by atoms with Gasteiger partial charge in [0.1, 0.15) is 0 Å². The fraction of sp³-hybridized carbons (Fsp3) is 0.0667. The summed E-state index contributed by atoms with van der Waals surface area (Å²) in [6, 6.07) is 33.5. The minimum absolute atomic E-state index is 0.234. The number of amides is 4.